The Morgan fingerprint density at radius 3 is 2.57 bits per heavy atom. The van der Waals surface area contributed by atoms with Crippen molar-refractivity contribution in [3.63, 3.8) is 0 Å². The Bertz CT molecular complexity index is 1200. The van der Waals surface area contributed by atoms with Crippen LogP contribution in [0, 0.1) is 6.92 Å². The number of nitrogens with one attached hydrogen (secondary N) is 2. The van der Waals surface area contributed by atoms with Gasteiger partial charge in [0.25, 0.3) is 11.5 Å². The second-order valence-electron chi connectivity index (χ2n) is 6.79. The van der Waals surface area contributed by atoms with Crippen LogP contribution in [0.1, 0.15) is 22.5 Å². The van der Waals surface area contributed by atoms with Gasteiger partial charge in [0.05, 0.1) is 17.3 Å². The Balaban J connectivity index is 1.82. The number of para-hydroxylation sites is 1. The van der Waals surface area contributed by atoms with Gasteiger partial charge in [-0.2, -0.15) is 0 Å². The third-order valence-electron chi connectivity index (χ3n) is 4.84. The van der Waals surface area contributed by atoms with Crippen molar-refractivity contribution in [3.8, 4) is 5.69 Å². The van der Waals surface area contributed by atoms with E-state index in [1.807, 2.05) is 0 Å². The number of carbonyl (C=O) groups excluding carboxylic acids is 2. The molecule has 2 amide bonds. The van der Waals surface area contributed by atoms with Crippen molar-refractivity contribution >= 4 is 22.9 Å². The molecule has 9 heteroatoms. The summed E-state index contributed by atoms with van der Waals surface area (Å²) >= 11 is 0. The number of benzene rings is 1. The highest BCUT2D eigenvalue weighted by atomic mass is 16.3. The third kappa shape index (κ3) is 2.81. The topological polar surface area (TPSA) is 117 Å². The minimum atomic E-state index is -0.660. The van der Waals surface area contributed by atoms with Crippen LogP contribution >= 0.6 is 0 Å². The normalized spacial score (nSPS) is 16.7. The number of nitrogens with zero attached hydrogens (tertiary/aromatic N) is 2. The van der Waals surface area contributed by atoms with E-state index in [1.54, 1.807) is 44.3 Å². The first-order chi connectivity index (χ1) is 13.4. The molecule has 2 N–H and O–H groups in total. The second kappa shape index (κ2) is 6.52. The van der Waals surface area contributed by atoms with Crippen LogP contribution in [0.3, 0.4) is 0 Å². The Morgan fingerprint density at radius 2 is 1.93 bits per heavy atom. The first kappa shape index (κ1) is 17.8. The molecule has 2 aromatic heterocycles. The lowest BCUT2D eigenvalue weighted by Gasteiger charge is -2.12. The van der Waals surface area contributed by atoms with Crippen molar-refractivity contribution < 1.29 is 14.0 Å². The van der Waals surface area contributed by atoms with Gasteiger partial charge in [-0.05, 0) is 19.1 Å². The molecule has 1 aromatic carbocycles. The van der Waals surface area contributed by atoms with Crippen LogP contribution in [0.5, 0.6) is 0 Å². The molecule has 0 spiro atoms. The molecule has 3 heterocycles. The number of hydrogen-bond acceptors (Lipinski definition) is 5. The number of aromatic amines is 1. The van der Waals surface area contributed by atoms with Gasteiger partial charge in [-0.3, -0.25) is 19.4 Å². The molecule has 1 atom stereocenters. The van der Waals surface area contributed by atoms with Crippen molar-refractivity contribution in [2.24, 2.45) is 0 Å². The highest BCUT2D eigenvalue weighted by Gasteiger charge is 2.31. The summed E-state index contributed by atoms with van der Waals surface area (Å²) in [7, 11) is 1.66. The van der Waals surface area contributed by atoms with Crippen LogP contribution in [0.2, 0.25) is 0 Å². The number of likely N-dealkylation sites (N-methyl/N-ethyl adjacent to an activating group) is 1. The maximum Gasteiger partial charge on any atom is 0.335 e. The van der Waals surface area contributed by atoms with E-state index in [0.717, 1.165) is 4.57 Å². The van der Waals surface area contributed by atoms with E-state index in [-0.39, 0.29) is 40.8 Å². The third-order valence-corrected chi connectivity index (χ3v) is 4.84. The monoisotopic (exact) mass is 382 g/mol. The molecule has 0 aliphatic carbocycles. The summed E-state index contributed by atoms with van der Waals surface area (Å²) < 4.78 is 6.43. The fourth-order valence-corrected chi connectivity index (χ4v) is 3.50. The summed E-state index contributed by atoms with van der Waals surface area (Å²) in [5, 5.41) is 2.77. The van der Waals surface area contributed by atoms with Crippen molar-refractivity contribution in [2.75, 3.05) is 13.6 Å². The first-order valence-corrected chi connectivity index (χ1v) is 8.75. The number of aryl methyl sites for hydroxylation is 1. The Hall–Kier alpha value is -3.62. The molecule has 1 aliphatic heterocycles. The predicted molar refractivity (Wildman–Crippen MR) is 101 cm³/mol. The van der Waals surface area contributed by atoms with Crippen LogP contribution in [0.4, 0.5) is 0 Å². The van der Waals surface area contributed by atoms with Gasteiger partial charge in [-0.25, -0.2) is 9.36 Å². The standard InChI is InChI=1S/C19H18N4O5/c1-10-14(16(25)20-11-8-13(24)22(2)9-11)15-17(28-10)21-19(27)23(18(15)26)12-6-4-3-5-7-12/h3-7,11H,8-9H2,1-2H3,(H,20,25)(H,21,27). The fraction of sp³-hybridized carbons (Fsp3) is 0.263. The summed E-state index contributed by atoms with van der Waals surface area (Å²) in [5.41, 5.74) is -0.921. The molecule has 28 heavy (non-hydrogen) atoms. The maximum atomic E-state index is 13.1. The van der Waals surface area contributed by atoms with Crippen molar-refractivity contribution in [2.45, 2.75) is 19.4 Å². The highest BCUT2D eigenvalue weighted by Crippen LogP contribution is 2.21. The molecule has 0 radical (unpaired) electrons. The van der Waals surface area contributed by atoms with Gasteiger partial charge >= 0.3 is 5.69 Å². The van der Waals surface area contributed by atoms with E-state index in [1.165, 1.54) is 4.90 Å². The SMILES string of the molecule is Cc1oc2[nH]c(=O)n(-c3ccccc3)c(=O)c2c1C(=O)NC1CC(=O)N(C)C1. The van der Waals surface area contributed by atoms with E-state index in [2.05, 4.69) is 10.3 Å². The zero-order chi connectivity index (χ0) is 20.0. The van der Waals surface area contributed by atoms with Crippen LogP contribution in [-0.2, 0) is 4.79 Å². The molecule has 1 fully saturated rings. The molecule has 4 rings (SSSR count). The van der Waals surface area contributed by atoms with Crippen molar-refractivity contribution in [1.82, 2.24) is 19.8 Å². The van der Waals surface area contributed by atoms with E-state index >= 15 is 0 Å². The molecule has 9 nitrogen and oxygen atoms in total. The number of amides is 2. The summed E-state index contributed by atoms with van der Waals surface area (Å²) in [6.45, 7) is 1.94. The van der Waals surface area contributed by atoms with Crippen LogP contribution in [0.15, 0.2) is 44.3 Å². The van der Waals surface area contributed by atoms with Gasteiger partial charge < -0.3 is 14.6 Å². The van der Waals surface area contributed by atoms with Crippen molar-refractivity contribution in [3.05, 3.63) is 62.5 Å². The second-order valence-corrected chi connectivity index (χ2v) is 6.79. The van der Waals surface area contributed by atoms with Gasteiger partial charge in [0.1, 0.15) is 11.1 Å². The molecule has 0 saturated carbocycles. The van der Waals surface area contributed by atoms with Gasteiger partial charge in [0.2, 0.25) is 11.6 Å². The molecule has 0 bridgehead atoms. The molecule has 1 aliphatic rings. The molecular formula is C19H18N4O5. The van der Waals surface area contributed by atoms with E-state index in [9.17, 15) is 19.2 Å². The summed E-state index contributed by atoms with van der Waals surface area (Å²) in [4.78, 5) is 54.1. The van der Waals surface area contributed by atoms with Crippen molar-refractivity contribution in [1.29, 1.82) is 0 Å². The number of aromatic nitrogens is 2. The number of H-pyrrole nitrogens is 1. The predicted octanol–water partition coefficient (Wildman–Crippen LogP) is 0.541. The molecule has 3 aromatic rings. The summed E-state index contributed by atoms with van der Waals surface area (Å²) in [6.07, 6.45) is 0.197. The minimum absolute atomic E-state index is 0.00358. The molecule has 1 unspecified atom stereocenters. The zero-order valence-corrected chi connectivity index (χ0v) is 15.3. The largest absolute Gasteiger partial charge is 0.444 e. The number of rotatable bonds is 3. The summed E-state index contributed by atoms with van der Waals surface area (Å²) in [6, 6.07) is 8.06. The van der Waals surface area contributed by atoms with E-state index < -0.39 is 17.2 Å². The summed E-state index contributed by atoms with van der Waals surface area (Å²) in [5.74, 6) is -0.369. The lowest BCUT2D eigenvalue weighted by molar-refractivity contribution is -0.126. The quantitative estimate of drug-likeness (QED) is 0.686. The molecular weight excluding hydrogens is 364 g/mol. The smallest absolute Gasteiger partial charge is 0.335 e. The van der Waals surface area contributed by atoms with Gasteiger partial charge in [-0.1, -0.05) is 18.2 Å². The van der Waals surface area contributed by atoms with E-state index in [0.29, 0.717) is 12.2 Å². The number of hydrogen-bond donors (Lipinski definition) is 2. The van der Waals surface area contributed by atoms with Gasteiger partial charge in [0.15, 0.2) is 0 Å². The van der Waals surface area contributed by atoms with E-state index in [4.69, 9.17) is 4.42 Å². The highest BCUT2D eigenvalue weighted by molar-refractivity contribution is 6.06. The number of fused-ring (bicyclic) bond motifs is 1. The van der Waals surface area contributed by atoms with Gasteiger partial charge in [-0.15, -0.1) is 0 Å². The van der Waals surface area contributed by atoms with Crippen LogP contribution in [-0.4, -0.2) is 45.9 Å². The van der Waals surface area contributed by atoms with Crippen LogP contribution in [0.25, 0.3) is 16.8 Å². The maximum absolute atomic E-state index is 13.1. The van der Waals surface area contributed by atoms with Crippen LogP contribution < -0.4 is 16.6 Å². The lowest BCUT2D eigenvalue weighted by Crippen LogP contribution is -2.38. The minimum Gasteiger partial charge on any atom is -0.444 e. The first-order valence-electron chi connectivity index (χ1n) is 8.75. The fourth-order valence-electron chi connectivity index (χ4n) is 3.50. The number of likely N-dealkylation sites (tertiary alicyclic amines) is 1. The Labute approximate surface area is 158 Å². The zero-order valence-electron chi connectivity index (χ0n) is 15.3. The number of furan rings is 1. The average molecular weight is 382 g/mol. The Kier molecular flexibility index (Phi) is 4.14. The lowest BCUT2D eigenvalue weighted by atomic mass is 10.1. The molecule has 144 valence electrons. The molecule has 1 saturated heterocycles. The number of carbonyl (C=O) groups is 2. The average Bonchev–Trinajstić information content (AvgIpc) is 3.14. The Morgan fingerprint density at radius 1 is 1.21 bits per heavy atom. The van der Waals surface area contributed by atoms with Gasteiger partial charge in [0, 0.05) is 20.0 Å².